The molecule has 0 amide bonds. The quantitative estimate of drug-likeness (QED) is 0.562. The number of aryl methyl sites for hydroxylation is 1. The Bertz CT molecular complexity index is 407. The van der Waals surface area contributed by atoms with E-state index in [2.05, 4.69) is 9.98 Å². The summed E-state index contributed by atoms with van der Waals surface area (Å²) >= 11 is 0. The lowest BCUT2D eigenvalue weighted by Crippen LogP contribution is -1.99. The van der Waals surface area contributed by atoms with E-state index in [1.807, 2.05) is 13.0 Å². The van der Waals surface area contributed by atoms with Gasteiger partial charge >= 0.3 is 0 Å². The molecule has 0 atom stereocenters. The lowest BCUT2D eigenvalue weighted by Gasteiger charge is -1.91. The molecule has 0 aliphatic carbocycles. The van der Waals surface area contributed by atoms with Gasteiger partial charge in [-0.3, -0.25) is 9.79 Å². The van der Waals surface area contributed by atoms with Crippen LogP contribution in [0, 0.1) is 12.3 Å². The number of carbonyl (C=O) groups excluding carboxylic acids is 1. The van der Waals surface area contributed by atoms with Crippen LogP contribution in [0.1, 0.15) is 24.0 Å². The number of nitrogens with zero attached hydrogens (tertiary/aromatic N) is 1. The number of aliphatic imine (C=N–C) groups is 1. The van der Waals surface area contributed by atoms with Gasteiger partial charge in [0, 0.05) is 32.2 Å². The van der Waals surface area contributed by atoms with Gasteiger partial charge in [0.05, 0.1) is 5.69 Å². The van der Waals surface area contributed by atoms with E-state index in [1.54, 1.807) is 6.07 Å². The van der Waals surface area contributed by atoms with E-state index in [1.165, 1.54) is 18.5 Å². The Morgan fingerprint density at radius 2 is 2.47 bits per heavy atom. The number of carbonyl (C=O) groups is 1. The van der Waals surface area contributed by atoms with Crippen LogP contribution in [0.4, 0.5) is 0 Å². The molecule has 0 saturated heterocycles. The minimum Gasteiger partial charge on any atom is -0.356 e. The van der Waals surface area contributed by atoms with Crippen LogP contribution in [-0.2, 0) is 0 Å². The molecule has 1 aromatic heterocycles. The Labute approximate surface area is 89.7 Å². The van der Waals surface area contributed by atoms with Crippen molar-refractivity contribution in [3.05, 3.63) is 35.8 Å². The van der Waals surface area contributed by atoms with Crippen LogP contribution in [0.25, 0.3) is 0 Å². The first kappa shape index (κ1) is 11.1. The molecule has 1 heterocycles. The summed E-state index contributed by atoms with van der Waals surface area (Å²) in [6.45, 7) is 1.90. The van der Waals surface area contributed by atoms with E-state index in [0.717, 1.165) is 11.9 Å². The van der Waals surface area contributed by atoms with E-state index in [0.29, 0.717) is 5.69 Å². The number of aromatic nitrogens is 1. The molecule has 0 bridgehead atoms. The van der Waals surface area contributed by atoms with Crippen molar-refractivity contribution in [2.24, 2.45) is 4.99 Å². The Morgan fingerprint density at radius 1 is 1.67 bits per heavy atom. The number of Topliss-reactive ketones (excluding diaryl/α,β-unsaturated/α-hetero) is 1. The normalized spacial score (nSPS) is 11.3. The molecule has 0 unspecified atom stereocenters. The van der Waals surface area contributed by atoms with Gasteiger partial charge in [0.25, 0.3) is 0 Å². The number of hydrogen-bond donors (Lipinski definition) is 2. The Morgan fingerprint density at radius 3 is 3.07 bits per heavy atom. The Hall–Kier alpha value is -1.97. The summed E-state index contributed by atoms with van der Waals surface area (Å²) in [4.78, 5) is 18.3. The van der Waals surface area contributed by atoms with Crippen molar-refractivity contribution in [1.82, 2.24) is 4.98 Å². The van der Waals surface area contributed by atoms with Gasteiger partial charge in [0.1, 0.15) is 0 Å². The number of H-pyrrole nitrogens is 1. The third-order valence-corrected chi connectivity index (χ3v) is 1.78. The molecule has 2 N–H and O–H groups in total. The lowest BCUT2D eigenvalue weighted by molar-refractivity contribution is 0.0997. The highest BCUT2D eigenvalue weighted by atomic mass is 16.1. The molecule has 0 aliphatic heterocycles. The molecule has 0 aliphatic rings. The average Bonchev–Trinajstić information content (AvgIpc) is 2.64. The fourth-order valence-electron chi connectivity index (χ4n) is 1.07. The second-order valence-corrected chi connectivity index (χ2v) is 3.02. The van der Waals surface area contributed by atoms with Crippen molar-refractivity contribution in [3.63, 3.8) is 0 Å². The zero-order valence-electron chi connectivity index (χ0n) is 8.53. The van der Waals surface area contributed by atoms with Gasteiger partial charge in [-0.25, -0.2) is 0 Å². The topological polar surface area (TPSA) is 69.1 Å². The molecule has 80 valence electrons. The van der Waals surface area contributed by atoms with Crippen molar-refractivity contribution in [2.75, 3.05) is 0 Å². The molecule has 15 heavy (non-hydrogen) atoms. The molecular weight excluding hydrogens is 190 g/mol. The molecule has 0 fully saturated rings. The van der Waals surface area contributed by atoms with Crippen LogP contribution in [-0.4, -0.2) is 23.2 Å². The standard InChI is InChI=1S/C11H13N3O.H2/c1-9-3-4-10(14-9)11(15)5-8-13-7-2-6-12;/h2-4,6-8,12,14H,5H2,1H3;1H/b7-2-,12-6?,13-8?;. The van der Waals surface area contributed by atoms with Crippen molar-refractivity contribution in [2.45, 2.75) is 13.3 Å². The first-order chi connectivity index (χ1) is 7.24. The zero-order valence-corrected chi connectivity index (χ0v) is 8.53. The number of hydrogen-bond acceptors (Lipinski definition) is 3. The molecule has 1 aromatic rings. The number of nitrogens with one attached hydrogen (secondary N) is 2. The molecular formula is C11H15N3O. The lowest BCUT2D eigenvalue weighted by atomic mass is 10.2. The van der Waals surface area contributed by atoms with Gasteiger partial charge in [0.15, 0.2) is 5.78 Å². The van der Waals surface area contributed by atoms with Crippen molar-refractivity contribution >= 4 is 18.2 Å². The largest absolute Gasteiger partial charge is 0.356 e. The highest BCUT2D eigenvalue weighted by Gasteiger charge is 2.04. The molecule has 4 nitrogen and oxygen atoms in total. The van der Waals surface area contributed by atoms with Crippen molar-refractivity contribution in [1.29, 1.82) is 5.41 Å². The molecule has 1 rings (SSSR count). The highest BCUT2D eigenvalue weighted by Crippen LogP contribution is 2.02. The van der Waals surface area contributed by atoms with E-state index in [9.17, 15) is 4.79 Å². The molecule has 0 aromatic carbocycles. The monoisotopic (exact) mass is 205 g/mol. The molecule has 4 heteroatoms. The van der Waals surface area contributed by atoms with Crippen LogP contribution >= 0.6 is 0 Å². The smallest absolute Gasteiger partial charge is 0.184 e. The third-order valence-electron chi connectivity index (χ3n) is 1.78. The van der Waals surface area contributed by atoms with Crippen molar-refractivity contribution in [3.8, 4) is 0 Å². The third kappa shape index (κ3) is 3.72. The summed E-state index contributed by atoms with van der Waals surface area (Å²) in [5.41, 5.74) is 1.58. The first-order valence-electron chi connectivity index (χ1n) is 4.60. The van der Waals surface area contributed by atoms with Crippen LogP contribution in [0.5, 0.6) is 0 Å². The van der Waals surface area contributed by atoms with Gasteiger partial charge in [-0.2, -0.15) is 0 Å². The maximum absolute atomic E-state index is 11.5. The minimum absolute atomic E-state index is 0. The average molecular weight is 205 g/mol. The summed E-state index contributed by atoms with van der Waals surface area (Å²) in [7, 11) is 0. The van der Waals surface area contributed by atoms with Gasteiger partial charge in [-0.15, -0.1) is 0 Å². The maximum atomic E-state index is 11.5. The molecule has 0 spiro atoms. The second-order valence-electron chi connectivity index (χ2n) is 3.02. The van der Waals surface area contributed by atoms with Gasteiger partial charge < -0.3 is 10.4 Å². The van der Waals surface area contributed by atoms with E-state index in [4.69, 9.17) is 5.41 Å². The zero-order chi connectivity index (χ0) is 11.1. The predicted molar refractivity (Wildman–Crippen MR) is 63.0 cm³/mol. The molecule has 0 saturated carbocycles. The first-order valence-corrected chi connectivity index (χ1v) is 4.60. The number of rotatable bonds is 5. The fraction of sp³-hybridized carbons (Fsp3) is 0.182. The predicted octanol–water partition coefficient (Wildman–Crippen LogP) is 2.38. The highest BCUT2D eigenvalue weighted by molar-refractivity contribution is 6.02. The summed E-state index contributed by atoms with van der Waals surface area (Å²) in [6, 6.07) is 3.62. The van der Waals surface area contributed by atoms with Gasteiger partial charge in [-0.05, 0) is 25.1 Å². The van der Waals surface area contributed by atoms with E-state index in [-0.39, 0.29) is 13.6 Å². The van der Waals surface area contributed by atoms with E-state index >= 15 is 0 Å². The summed E-state index contributed by atoms with van der Waals surface area (Å²) in [5.74, 6) is 0.00935. The minimum atomic E-state index is 0. The number of aromatic amines is 1. The SMILES string of the molecule is Cc1ccc(C(=O)CC=N/C=C\C=N)[nH]1.[HH]. The van der Waals surface area contributed by atoms with E-state index < -0.39 is 0 Å². The second kappa shape index (κ2) is 5.70. The summed E-state index contributed by atoms with van der Waals surface area (Å²) in [5, 5.41) is 6.70. The van der Waals surface area contributed by atoms with Crippen LogP contribution in [0.15, 0.2) is 29.4 Å². The van der Waals surface area contributed by atoms with Crippen molar-refractivity contribution < 1.29 is 6.22 Å². The maximum Gasteiger partial charge on any atom is 0.184 e. The summed E-state index contributed by atoms with van der Waals surface area (Å²) in [6.07, 6.45) is 5.88. The Balaban J connectivity index is 0.00000225. The fourth-order valence-corrected chi connectivity index (χ4v) is 1.07. The van der Waals surface area contributed by atoms with Gasteiger partial charge in [-0.1, -0.05) is 0 Å². The van der Waals surface area contributed by atoms with Crippen LogP contribution < -0.4 is 0 Å². The number of allylic oxidation sites excluding steroid dienone is 1. The van der Waals surface area contributed by atoms with Gasteiger partial charge in [0.2, 0.25) is 0 Å². The van der Waals surface area contributed by atoms with Crippen LogP contribution in [0.2, 0.25) is 0 Å². The molecule has 0 radical (unpaired) electrons. The Kier molecular flexibility index (Phi) is 4.22. The summed E-state index contributed by atoms with van der Waals surface area (Å²) < 4.78 is 0. The number of ketones is 1. The van der Waals surface area contributed by atoms with Crippen LogP contribution in [0.3, 0.4) is 0 Å².